The Morgan fingerprint density at radius 3 is 2.38 bits per heavy atom. The molecule has 1 aromatic carbocycles. The molecule has 21 heavy (non-hydrogen) atoms. The van der Waals surface area contributed by atoms with Crippen LogP contribution in [0.4, 0.5) is 11.6 Å². The zero-order valence-electron chi connectivity index (χ0n) is 11.9. The van der Waals surface area contributed by atoms with Crippen molar-refractivity contribution >= 4 is 29.1 Å². The second kappa shape index (κ2) is 7.04. The maximum absolute atomic E-state index is 12.0. The molecule has 5 nitrogen and oxygen atoms in total. The Balaban J connectivity index is 1.97. The van der Waals surface area contributed by atoms with Crippen molar-refractivity contribution in [3.8, 4) is 0 Å². The molecule has 0 unspecified atom stereocenters. The Hall–Kier alpha value is -2.14. The number of benzene rings is 1. The number of halogens is 1. The fourth-order valence-corrected chi connectivity index (χ4v) is 1.69. The van der Waals surface area contributed by atoms with Crippen molar-refractivity contribution in [3.63, 3.8) is 0 Å². The molecular formula is C15H17ClN4O. The van der Waals surface area contributed by atoms with Crippen molar-refractivity contribution in [3.05, 3.63) is 47.2 Å². The first-order chi connectivity index (χ1) is 10.0. The van der Waals surface area contributed by atoms with E-state index in [0.717, 1.165) is 6.54 Å². The van der Waals surface area contributed by atoms with Crippen LogP contribution in [0, 0.1) is 5.92 Å². The van der Waals surface area contributed by atoms with E-state index in [9.17, 15) is 4.79 Å². The van der Waals surface area contributed by atoms with Gasteiger partial charge in [-0.1, -0.05) is 25.4 Å². The zero-order valence-corrected chi connectivity index (χ0v) is 12.7. The highest BCUT2D eigenvalue weighted by Crippen LogP contribution is 2.14. The average Bonchev–Trinajstić information content (AvgIpc) is 2.48. The van der Waals surface area contributed by atoms with Gasteiger partial charge in [0.05, 0.1) is 5.56 Å². The van der Waals surface area contributed by atoms with Gasteiger partial charge in [-0.25, -0.2) is 9.97 Å². The van der Waals surface area contributed by atoms with E-state index in [-0.39, 0.29) is 5.91 Å². The molecule has 0 aliphatic carbocycles. The van der Waals surface area contributed by atoms with Crippen LogP contribution in [0.3, 0.4) is 0 Å². The number of carbonyl (C=O) groups excluding carboxylic acids is 1. The maximum atomic E-state index is 12.0. The van der Waals surface area contributed by atoms with E-state index < -0.39 is 0 Å². The number of amides is 1. The lowest BCUT2D eigenvalue weighted by molar-refractivity contribution is 0.102. The van der Waals surface area contributed by atoms with Crippen molar-refractivity contribution in [1.82, 2.24) is 9.97 Å². The van der Waals surface area contributed by atoms with Crippen molar-refractivity contribution in [2.24, 2.45) is 5.92 Å². The first-order valence-corrected chi connectivity index (χ1v) is 7.05. The molecule has 0 spiro atoms. The SMILES string of the molecule is CC(C)CNc1ncc(C(=O)Nc2ccc(Cl)cc2)cn1. The van der Waals surface area contributed by atoms with Crippen LogP contribution in [-0.4, -0.2) is 22.4 Å². The van der Waals surface area contributed by atoms with Crippen LogP contribution in [0.1, 0.15) is 24.2 Å². The molecule has 2 N–H and O–H groups in total. The summed E-state index contributed by atoms with van der Waals surface area (Å²) in [4.78, 5) is 20.3. The van der Waals surface area contributed by atoms with Crippen LogP contribution in [0.25, 0.3) is 0 Å². The minimum Gasteiger partial charge on any atom is -0.354 e. The van der Waals surface area contributed by atoms with Crippen LogP contribution in [0.2, 0.25) is 5.02 Å². The summed E-state index contributed by atoms with van der Waals surface area (Å²) < 4.78 is 0. The standard InChI is InChI=1S/C15H17ClN4O/c1-10(2)7-17-15-18-8-11(9-19-15)14(21)20-13-5-3-12(16)4-6-13/h3-6,8-10H,7H2,1-2H3,(H,20,21)(H,17,18,19). The molecule has 0 bridgehead atoms. The van der Waals surface area contributed by atoms with Gasteiger partial charge in [-0.15, -0.1) is 0 Å². The van der Waals surface area contributed by atoms with Gasteiger partial charge in [0.25, 0.3) is 5.91 Å². The normalized spacial score (nSPS) is 10.5. The second-order valence-corrected chi connectivity index (χ2v) is 5.47. The average molecular weight is 305 g/mol. The molecule has 2 rings (SSSR count). The van der Waals surface area contributed by atoms with Gasteiger partial charge in [0, 0.05) is 29.6 Å². The summed E-state index contributed by atoms with van der Waals surface area (Å²) in [5.41, 5.74) is 1.08. The van der Waals surface area contributed by atoms with Crippen molar-refractivity contribution in [2.45, 2.75) is 13.8 Å². The lowest BCUT2D eigenvalue weighted by Gasteiger charge is -2.08. The van der Waals surface area contributed by atoms with Gasteiger partial charge in [-0.2, -0.15) is 0 Å². The minimum absolute atomic E-state index is 0.257. The predicted molar refractivity (Wildman–Crippen MR) is 84.8 cm³/mol. The first-order valence-electron chi connectivity index (χ1n) is 6.67. The molecule has 0 atom stereocenters. The number of hydrogen-bond acceptors (Lipinski definition) is 4. The summed E-state index contributed by atoms with van der Waals surface area (Å²) in [6.45, 7) is 4.98. The number of anilines is 2. The summed E-state index contributed by atoms with van der Waals surface area (Å²) in [5.74, 6) is 0.765. The molecule has 1 amide bonds. The van der Waals surface area contributed by atoms with Gasteiger partial charge >= 0.3 is 0 Å². The maximum Gasteiger partial charge on any atom is 0.258 e. The fraction of sp³-hybridized carbons (Fsp3) is 0.267. The van der Waals surface area contributed by atoms with E-state index >= 15 is 0 Å². The highest BCUT2D eigenvalue weighted by Gasteiger charge is 2.07. The summed E-state index contributed by atoms with van der Waals surface area (Å²) in [5, 5.41) is 6.48. The topological polar surface area (TPSA) is 66.9 Å². The Morgan fingerprint density at radius 1 is 1.19 bits per heavy atom. The first kappa shape index (κ1) is 15.3. The molecular weight excluding hydrogens is 288 g/mol. The summed E-state index contributed by atoms with van der Waals surface area (Å²) in [7, 11) is 0. The van der Waals surface area contributed by atoms with Crippen molar-refractivity contribution in [1.29, 1.82) is 0 Å². The fourth-order valence-electron chi connectivity index (χ4n) is 1.57. The smallest absolute Gasteiger partial charge is 0.258 e. The lowest BCUT2D eigenvalue weighted by Crippen LogP contribution is -2.14. The van der Waals surface area contributed by atoms with E-state index in [0.29, 0.717) is 28.1 Å². The monoisotopic (exact) mass is 304 g/mol. The summed E-state index contributed by atoms with van der Waals surface area (Å²) in [6, 6.07) is 6.90. The van der Waals surface area contributed by atoms with E-state index in [1.54, 1.807) is 24.3 Å². The number of rotatable bonds is 5. The number of hydrogen-bond donors (Lipinski definition) is 2. The van der Waals surface area contributed by atoms with Crippen LogP contribution < -0.4 is 10.6 Å². The highest BCUT2D eigenvalue weighted by molar-refractivity contribution is 6.30. The van der Waals surface area contributed by atoms with E-state index in [4.69, 9.17) is 11.6 Å². The van der Waals surface area contributed by atoms with Crippen LogP contribution >= 0.6 is 11.6 Å². The molecule has 2 aromatic rings. The molecule has 0 fully saturated rings. The van der Waals surface area contributed by atoms with Crippen molar-refractivity contribution in [2.75, 3.05) is 17.2 Å². The molecule has 110 valence electrons. The van der Waals surface area contributed by atoms with E-state index in [1.165, 1.54) is 12.4 Å². The number of carbonyl (C=O) groups is 1. The third kappa shape index (κ3) is 4.72. The largest absolute Gasteiger partial charge is 0.354 e. The Bertz CT molecular complexity index is 596. The molecule has 1 aromatic heterocycles. The van der Waals surface area contributed by atoms with Gasteiger partial charge in [0.1, 0.15) is 0 Å². The molecule has 0 saturated heterocycles. The summed E-state index contributed by atoms with van der Waals surface area (Å²) in [6.07, 6.45) is 3.00. The number of aromatic nitrogens is 2. The Kier molecular flexibility index (Phi) is 5.11. The van der Waals surface area contributed by atoms with E-state index in [2.05, 4.69) is 34.4 Å². The predicted octanol–water partition coefficient (Wildman–Crippen LogP) is 3.45. The summed E-state index contributed by atoms with van der Waals surface area (Å²) >= 11 is 5.79. The molecule has 0 aliphatic heterocycles. The van der Waals surface area contributed by atoms with Crippen LogP contribution in [-0.2, 0) is 0 Å². The van der Waals surface area contributed by atoms with Gasteiger partial charge in [-0.3, -0.25) is 4.79 Å². The third-order valence-corrected chi connectivity index (χ3v) is 2.94. The second-order valence-electron chi connectivity index (χ2n) is 5.03. The molecule has 1 heterocycles. The molecule has 0 saturated carbocycles. The Labute approximate surface area is 128 Å². The lowest BCUT2D eigenvalue weighted by atomic mass is 10.2. The zero-order chi connectivity index (χ0) is 15.2. The molecule has 6 heteroatoms. The minimum atomic E-state index is -0.257. The number of nitrogens with zero attached hydrogens (tertiary/aromatic N) is 2. The molecule has 0 radical (unpaired) electrons. The van der Waals surface area contributed by atoms with E-state index in [1.807, 2.05) is 0 Å². The quantitative estimate of drug-likeness (QED) is 0.888. The van der Waals surface area contributed by atoms with Gasteiger partial charge < -0.3 is 10.6 Å². The van der Waals surface area contributed by atoms with Crippen molar-refractivity contribution < 1.29 is 4.79 Å². The van der Waals surface area contributed by atoms with Gasteiger partial charge in [0.2, 0.25) is 5.95 Å². The van der Waals surface area contributed by atoms with Crippen LogP contribution in [0.15, 0.2) is 36.7 Å². The molecule has 0 aliphatic rings. The number of nitrogens with one attached hydrogen (secondary N) is 2. The third-order valence-electron chi connectivity index (χ3n) is 2.68. The highest BCUT2D eigenvalue weighted by atomic mass is 35.5. The van der Waals surface area contributed by atoms with Crippen LogP contribution in [0.5, 0.6) is 0 Å². The van der Waals surface area contributed by atoms with Gasteiger partial charge in [0.15, 0.2) is 0 Å². The van der Waals surface area contributed by atoms with Gasteiger partial charge in [-0.05, 0) is 30.2 Å². The Morgan fingerprint density at radius 2 is 1.81 bits per heavy atom.